The Morgan fingerprint density at radius 1 is 1.37 bits per heavy atom. The van der Waals surface area contributed by atoms with Gasteiger partial charge in [-0.1, -0.05) is 25.5 Å². The number of carboxylic acids is 1. The summed E-state index contributed by atoms with van der Waals surface area (Å²) >= 11 is 0. The summed E-state index contributed by atoms with van der Waals surface area (Å²) in [7, 11) is 0. The fourth-order valence-electron chi connectivity index (χ4n) is 1.62. The third-order valence-electron chi connectivity index (χ3n) is 3.12. The summed E-state index contributed by atoms with van der Waals surface area (Å²) in [6, 6.07) is 7.92. The van der Waals surface area contributed by atoms with Gasteiger partial charge >= 0.3 is 5.97 Å². The highest BCUT2D eigenvalue weighted by Gasteiger charge is 2.27. The van der Waals surface area contributed by atoms with Crippen molar-refractivity contribution in [1.29, 1.82) is 0 Å². The van der Waals surface area contributed by atoms with E-state index in [1.807, 2.05) is 24.3 Å². The summed E-state index contributed by atoms with van der Waals surface area (Å²) in [5, 5.41) is 8.88. The van der Waals surface area contributed by atoms with Gasteiger partial charge in [-0.3, -0.25) is 4.79 Å². The van der Waals surface area contributed by atoms with Crippen LogP contribution in [-0.2, 0) is 11.2 Å². The zero-order chi connectivity index (χ0) is 14.3. The predicted molar refractivity (Wildman–Crippen MR) is 75.4 cm³/mol. The average molecular weight is 265 g/mol. The zero-order valence-corrected chi connectivity index (χ0v) is 11.7. The van der Waals surface area contributed by atoms with E-state index < -0.39 is 11.5 Å². The second-order valence-electron chi connectivity index (χ2n) is 5.07. The number of carboxylic acid groups (broad SMARTS) is 1. The van der Waals surface area contributed by atoms with E-state index in [9.17, 15) is 4.79 Å². The first-order valence-corrected chi connectivity index (χ1v) is 6.69. The number of hydrogen-bond acceptors (Lipinski definition) is 3. The monoisotopic (exact) mass is 265 g/mol. The smallest absolute Gasteiger partial charge is 0.323 e. The molecule has 0 spiro atoms. The van der Waals surface area contributed by atoms with E-state index in [1.165, 1.54) is 25.3 Å². The maximum absolute atomic E-state index is 10.8. The molecule has 0 fully saturated rings. The minimum atomic E-state index is -1.24. The number of nitrogens with two attached hydrogens (primary N) is 1. The van der Waals surface area contributed by atoms with Crippen molar-refractivity contribution in [3.8, 4) is 5.75 Å². The summed E-state index contributed by atoms with van der Waals surface area (Å²) in [4.78, 5) is 10.8. The van der Waals surface area contributed by atoms with Crippen molar-refractivity contribution in [2.75, 3.05) is 6.61 Å². The summed E-state index contributed by atoms with van der Waals surface area (Å²) in [6.45, 7) is 3.96. The SMILES string of the molecule is CCCCc1ccc(OCCC(C)(N)C(=O)O)cc1. The molecule has 4 nitrogen and oxygen atoms in total. The average Bonchev–Trinajstić information content (AvgIpc) is 2.37. The number of hydrogen-bond donors (Lipinski definition) is 2. The van der Waals surface area contributed by atoms with Crippen molar-refractivity contribution >= 4 is 5.97 Å². The third kappa shape index (κ3) is 5.30. The molecule has 106 valence electrons. The van der Waals surface area contributed by atoms with E-state index in [-0.39, 0.29) is 6.42 Å². The number of benzene rings is 1. The molecule has 0 aromatic heterocycles. The van der Waals surface area contributed by atoms with Crippen LogP contribution in [0.2, 0.25) is 0 Å². The normalized spacial score (nSPS) is 13.8. The summed E-state index contributed by atoms with van der Waals surface area (Å²) in [5.41, 5.74) is 5.68. The molecule has 0 aliphatic rings. The summed E-state index contributed by atoms with van der Waals surface area (Å²) in [6.07, 6.45) is 3.73. The predicted octanol–water partition coefficient (Wildman–Crippen LogP) is 2.60. The van der Waals surface area contributed by atoms with Gasteiger partial charge in [-0.25, -0.2) is 0 Å². The molecule has 0 saturated carbocycles. The highest BCUT2D eigenvalue weighted by atomic mass is 16.5. The van der Waals surface area contributed by atoms with Crippen LogP contribution in [-0.4, -0.2) is 23.2 Å². The van der Waals surface area contributed by atoms with Crippen LogP contribution in [0.4, 0.5) is 0 Å². The lowest BCUT2D eigenvalue weighted by molar-refractivity contribution is -0.143. The molecule has 0 amide bonds. The molecule has 0 heterocycles. The van der Waals surface area contributed by atoms with E-state index in [4.69, 9.17) is 15.6 Å². The van der Waals surface area contributed by atoms with Gasteiger partial charge in [-0.15, -0.1) is 0 Å². The first-order valence-electron chi connectivity index (χ1n) is 6.69. The Morgan fingerprint density at radius 2 is 2.00 bits per heavy atom. The van der Waals surface area contributed by atoms with Crippen molar-refractivity contribution in [3.05, 3.63) is 29.8 Å². The van der Waals surface area contributed by atoms with Crippen LogP contribution in [0.15, 0.2) is 24.3 Å². The summed E-state index contributed by atoms with van der Waals surface area (Å²) < 4.78 is 5.51. The van der Waals surface area contributed by atoms with Gasteiger partial charge in [0.25, 0.3) is 0 Å². The molecule has 0 aliphatic carbocycles. The molecule has 4 heteroatoms. The molecule has 1 aromatic carbocycles. The standard InChI is InChI=1S/C15H23NO3/c1-3-4-5-12-6-8-13(9-7-12)19-11-10-15(2,16)14(17)18/h6-9H,3-5,10-11,16H2,1-2H3,(H,17,18). The van der Waals surface area contributed by atoms with Crippen molar-refractivity contribution in [2.24, 2.45) is 5.73 Å². The van der Waals surface area contributed by atoms with Gasteiger partial charge in [-0.2, -0.15) is 0 Å². The lowest BCUT2D eigenvalue weighted by atomic mass is 10.0. The third-order valence-corrected chi connectivity index (χ3v) is 3.12. The van der Waals surface area contributed by atoms with E-state index in [2.05, 4.69) is 6.92 Å². The largest absolute Gasteiger partial charge is 0.494 e. The topological polar surface area (TPSA) is 72.5 Å². The lowest BCUT2D eigenvalue weighted by Gasteiger charge is -2.19. The van der Waals surface area contributed by atoms with Crippen LogP contribution in [0, 0.1) is 0 Å². The number of carbonyl (C=O) groups is 1. The van der Waals surface area contributed by atoms with Crippen LogP contribution in [0.3, 0.4) is 0 Å². The molecule has 1 aromatic rings. The Morgan fingerprint density at radius 3 is 2.53 bits per heavy atom. The number of aliphatic carboxylic acids is 1. The maximum Gasteiger partial charge on any atom is 0.323 e. The number of aryl methyl sites for hydroxylation is 1. The van der Waals surface area contributed by atoms with Crippen LogP contribution in [0.1, 0.15) is 38.7 Å². The highest BCUT2D eigenvalue weighted by molar-refractivity contribution is 5.77. The maximum atomic E-state index is 10.8. The molecule has 0 bridgehead atoms. The minimum Gasteiger partial charge on any atom is -0.494 e. The van der Waals surface area contributed by atoms with Crippen LogP contribution < -0.4 is 10.5 Å². The van der Waals surface area contributed by atoms with Gasteiger partial charge in [0.15, 0.2) is 0 Å². The molecule has 1 unspecified atom stereocenters. The molecule has 3 N–H and O–H groups in total. The van der Waals surface area contributed by atoms with E-state index in [1.54, 1.807) is 0 Å². The fraction of sp³-hybridized carbons (Fsp3) is 0.533. The molecule has 0 saturated heterocycles. The van der Waals surface area contributed by atoms with Crippen molar-refractivity contribution in [1.82, 2.24) is 0 Å². The molecule has 19 heavy (non-hydrogen) atoms. The van der Waals surface area contributed by atoms with Gasteiger partial charge in [0.2, 0.25) is 0 Å². The van der Waals surface area contributed by atoms with E-state index >= 15 is 0 Å². The molecule has 0 radical (unpaired) electrons. The number of rotatable bonds is 8. The first-order chi connectivity index (χ1) is 8.95. The van der Waals surface area contributed by atoms with Crippen molar-refractivity contribution in [2.45, 2.75) is 45.1 Å². The summed E-state index contributed by atoms with van der Waals surface area (Å²) in [5.74, 6) is -0.257. The molecule has 1 rings (SSSR count). The molecular formula is C15H23NO3. The second kappa shape index (κ2) is 7.14. The second-order valence-corrected chi connectivity index (χ2v) is 5.07. The van der Waals surface area contributed by atoms with Crippen molar-refractivity contribution < 1.29 is 14.6 Å². The molecular weight excluding hydrogens is 242 g/mol. The lowest BCUT2D eigenvalue weighted by Crippen LogP contribution is -2.45. The minimum absolute atomic E-state index is 0.278. The van der Waals surface area contributed by atoms with E-state index in [0.29, 0.717) is 6.61 Å². The van der Waals surface area contributed by atoms with Gasteiger partial charge in [0.05, 0.1) is 6.61 Å². The van der Waals surface area contributed by atoms with Gasteiger partial charge in [0.1, 0.15) is 11.3 Å². The Hall–Kier alpha value is -1.55. The van der Waals surface area contributed by atoms with Crippen molar-refractivity contribution in [3.63, 3.8) is 0 Å². The van der Waals surface area contributed by atoms with Gasteiger partial charge < -0.3 is 15.6 Å². The Kier molecular flexibility index (Phi) is 5.83. The van der Waals surface area contributed by atoms with Crippen LogP contribution in [0.25, 0.3) is 0 Å². The first kappa shape index (κ1) is 15.5. The van der Waals surface area contributed by atoms with Gasteiger partial charge in [-0.05, 0) is 37.5 Å². The van der Waals surface area contributed by atoms with Crippen LogP contribution >= 0.6 is 0 Å². The molecule has 0 aliphatic heterocycles. The Labute approximate surface area is 114 Å². The highest BCUT2D eigenvalue weighted by Crippen LogP contribution is 2.15. The number of ether oxygens (including phenoxy) is 1. The molecule has 1 atom stereocenters. The quantitative estimate of drug-likeness (QED) is 0.757. The van der Waals surface area contributed by atoms with Crippen LogP contribution in [0.5, 0.6) is 5.75 Å². The van der Waals surface area contributed by atoms with Gasteiger partial charge in [0, 0.05) is 6.42 Å². The zero-order valence-electron chi connectivity index (χ0n) is 11.7. The number of unbranched alkanes of at least 4 members (excludes halogenated alkanes) is 1. The Bertz CT molecular complexity index is 398. The van der Waals surface area contributed by atoms with E-state index in [0.717, 1.165) is 12.2 Å². The Balaban J connectivity index is 2.40. The fourth-order valence-corrected chi connectivity index (χ4v) is 1.62.